The highest BCUT2D eigenvalue weighted by atomic mass is 16.5. The molecule has 0 radical (unpaired) electrons. The Morgan fingerprint density at radius 2 is 1.85 bits per heavy atom. The van der Waals surface area contributed by atoms with Crippen LogP contribution in [0.4, 0.5) is 0 Å². The standard InChI is InChI=1S/C16H27NO3/c1-7-13(17-16(2,3)4)15(18)12-10-11(19-5)8-9-14(12)20-6/h8-10,13,15,17-18H,7H2,1-6H3. The zero-order valence-electron chi connectivity index (χ0n) is 13.4. The van der Waals surface area contributed by atoms with Gasteiger partial charge in [0.1, 0.15) is 11.5 Å². The van der Waals surface area contributed by atoms with E-state index in [1.54, 1.807) is 14.2 Å². The Kier molecular flexibility index (Phi) is 5.84. The van der Waals surface area contributed by atoms with E-state index >= 15 is 0 Å². The molecule has 4 nitrogen and oxygen atoms in total. The highest BCUT2D eigenvalue weighted by Crippen LogP contribution is 2.32. The maximum absolute atomic E-state index is 10.7. The number of rotatable bonds is 6. The summed E-state index contributed by atoms with van der Waals surface area (Å²) in [7, 11) is 3.22. The van der Waals surface area contributed by atoms with Crippen molar-refractivity contribution in [1.82, 2.24) is 5.32 Å². The Hall–Kier alpha value is -1.26. The number of methoxy groups -OCH3 is 2. The largest absolute Gasteiger partial charge is 0.497 e. The smallest absolute Gasteiger partial charge is 0.124 e. The van der Waals surface area contributed by atoms with Crippen LogP contribution in [0.1, 0.15) is 45.8 Å². The average Bonchev–Trinajstić information content (AvgIpc) is 2.42. The predicted molar refractivity (Wildman–Crippen MR) is 81.5 cm³/mol. The van der Waals surface area contributed by atoms with Crippen LogP contribution in [0.25, 0.3) is 0 Å². The molecule has 0 aromatic heterocycles. The second kappa shape index (κ2) is 6.95. The normalized spacial score (nSPS) is 14.8. The van der Waals surface area contributed by atoms with Gasteiger partial charge in [-0.05, 0) is 45.4 Å². The van der Waals surface area contributed by atoms with E-state index in [1.165, 1.54) is 0 Å². The van der Waals surface area contributed by atoms with E-state index in [0.717, 1.165) is 12.0 Å². The molecule has 0 heterocycles. The van der Waals surface area contributed by atoms with Crippen LogP contribution in [-0.2, 0) is 0 Å². The van der Waals surface area contributed by atoms with Crippen LogP contribution in [0.2, 0.25) is 0 Å². The molecule has 0 saturated heterocycles. The van der Waals surface area contributed by atoms with Gasteiger partial charge in [-0.2, -0.15) is 0 Å². The van der Waals surface area contributed by atoms with Crippen molar-refractivity contribution in [2.75, 3.05) is 14.2 Å². The van der Waals surface area contributed by atoms with E-state index in [4.69, 9.17) is 9.47 Å². The lowest BCUT2D eigenvalue weighted by molar-refractivity contribution is 0.108. The topological polar surface area (TPSA) is 50.7 Å². The Morgan fingerprint density at radius 3 is 2.30 bits per heavy atom. The minimum Gasteiger partial charge on any atom is -0.497 e. The molecule has 1 aromatic carbocycles. The van der Waals surface area contributed by atoms with Gasteiger partial charge in [0.15, 0.2) is 0 Å². The number of hydrogen-bond donors (Lipinski definition) is 2. The first kappa shape index (κ1) is 16.8. The molecule has 1 aromatic rings. The molecule has 20 heavy (non-hydrogen) atoms. The molecule has 0 bridgehead atoms. The van der Waals surface area contributed by atoms with E-state index in [0.29, 0.717) is 11.5 Å². The van der Waals surface area contributed by atoms with E-state index in [9.17, 15) is 5.11 Å². The lowest BCUT2D eigenvalue weighted by Gasteiger charge is -2.32. The van der Waals surface area contributed by atoms with Gasteiger partial charge in [-0.15, -0.1) is 0 Å². The second-order valence-electron chi connectivity index (χ2n) is 5.96. The molecule has 0 aliphatic rings. The third-order valence-electron chi connectivity index (χ3n) is 3.19. The number of hydrogen-bond acceptors (Lipinski definition) is 4. The van der Waals surface area contributed by atoms with Gasteiger partial charge in [-0.3, -0.25) is 0 Å². The summed E-state index contributed by atoms with van der Waals surface area (Å²) < 4.78 is 10.6. The molecular formula is C16H27NO3. The summed E-state index contributed by atoms with van der Waals surface area (Å²) in [6.07, 6.45) is 0.169. The Bertz CT molecular complexity index is 426. The molecule has 0 saturated carbocycles. The van der Waals surface area contributed by atoms with Gasteiger partial charge in [0, 0.05) is 17.1 Å². The summed E-state index contributed by atoms with van der Waals surface area (Å²) in [4.78, 5) is 0. The fourth-order valence-corrected chi connectivity index (χ4v) is 2.25. The molecular weight excluding hydrogens is 254 g/mol. The first-order valence-electron chi connectivity index (χ1n) is 7.00. The Labute approximate surface area is 122 Å². The quantitative estimate of drug-likeness (QED) is 0.842. The Balaban J connectivity index is 3.07. The van der Waals surface area contributed by atoms with E-state index in [-0.39, 0.29) is 11.6 Å². The molecule has 0 aliphatic heterocycles. The molecule has 4 heteroatoms. The SMILES string of the molecule is CCC(NC(C)(C)C)C(O)c1cc(OC)ccc1OC. The predicted octanol–water partition coefficient (Wildman–Crippen LogP) is 2.90. The zero-order chi connectivity index (χ0) is 15.3. The summed E-state index contributed by atoms with van der Waals surface area (Å²) in [5, 5.41) is 14.1. The van der Waals surface area contributed by atoms with Crippen LogP contribution in [0.15, 0.2) is 18.2 Å². The van der Waals surface area contributed by atoms with Crippen molar-refractivity contribution >= 4 is 0 Å². The van der Waals surface area contributed by atoms with Crippen molar-refractivity contribution < 1.29 is 14.6 Å². The first-order valence-corrected chi connectivity index (χ1v) is 7.00. The first-order chi connectivity index (χ1) is 9.32. The van der Waals surface area contributed by atoms with Gasteiger partial charge in [0.25, 0.3) is 0 Å². The fourth-order valence-electron chi connectivity index (χ4n) is 2.25. The molecule has 2 unspecified atom stereocenters. The van der Waals surface area contributed by atoms with Crippen molar-refractivity contribution in [1.29, 1.82) is 0 Å². The molecule has 2 atom stereocenters. The van der Waals surface area contributed by atoms with Crippen molar-refractivity contribution in [3.05, 3.63) is 23.8 Å². The second-order valence-corrected chi connectivity index (χ2v) is 5.96. The number of aliphatic hydroxyl groups is 1. The minimum absolute atomic E-state index is 0.0454. The van der Waals surface area contributed by atoms with Gasteiger partial charge >= 0.3 is 0 Å². The maximum atomic E-state index is 10.7. The van der Waals surface area contributed by atoms with E-state index < -0.39 is 6.10 Å². The van der Waals surface area contributed by atoms with Gasteiger partial charge in [-0.25, -0.2) is 0 Å². The fraction of sp³-hybridized carbons (Fsp3) is 0.625. The molecule has 114 valence electrons. The molecule has 0 spiro atoms. The minimum atomic E-state index is -0.649. The van der Waals surface area contributed by atoms with E-state index in [1.807, 2.05) is 18.2 Å². The van der Waals surface area contributed by atoms with Crippen molar-refractivity contribution in [2.45, 2.75) is 51.8 Å². The average molecular weight is 281 g/mol. The van der Waals surface area contributed by atoms with Crippen molar-refractivity contribution in [2.24, 2.45) is 0 Å². The van der Waals surface area contributed by atoms with Crippen LogP contribution in [0.3, 0.4) is 0 Å². The lowest BCUT2D eigenvalue weighted by Crippen LogP contribution is -2.46. The molecule has 2 N–H and O–H groups in total. The molecule has 0 fully saturated rings. The molecule has 0 amide bonds. The molecule has 1 rings (SSSR count). The lowest BCUT2D eigenvalue weighted by atomic mass is 9.96. The van der Waals surface area contributed by atoms with Crippen LogP contribution in [-0.4, -0.2) is 30.9 Å². The Morgan fingerprint density at radius 1 is 1.20 bits per heavy atom. The van der Waals surface area contributed by atoms with Crippen LogP contribution < -0.4 is 14.8 Å². The van der Waals surface area contributed by atoms with Crippen molar-refractivity contribution in [3.63, 3.8) is 0 Å². The third-order valence-corrected chi connectivity index (χ3v) is 3.19. The van der Waals surface area contributed by atoms with Gasteiger partial charge in [0.2, 0.25) is 0 Å². The molecule has 0 aliphatic carbocycles. The monoisotopic (exact) mass is 281 g/mol. The summed E-state index contributed by atoms with van der Waals surface area (Å²) in [6.45, 7) is 8.32. The number of benzene rings is 1. The van der Waals surface area contributed by atoms with Crippen LogP contribution >= 0.6 is 0 Å². The summed E-state index contributed by atoms with van der Waals surface area (Å²) >= 11 is 0. The zero-order valence-corrected chi connectivity index (χ0v) is 13.4. The summed E-state index contributed by atoms with van der Waals surface area (Å²) in [5.74, 6) is 1.39. The summed E-state index contributed by atoms with van der Waals surface area (Å²) in [6, 6.07) is 5.43. The summed E-state index contributed by atoms with van der Waals surface area (Å²) in [5.41, 5.74) is 0.684. The number of aliphatic hydroxyl groups excluding tert-OH is 1. The maximum Gasteiger partial charge on any atom is 0.124 e. The number of ether oxygens (including phenoxy) is 2. The van der Waals surface area contributed by atoms with Gasteiger partial charge < -0.3 is 19.9 Å². The van der Waals surface area contributed by atoms with Crippen LogP contribution in [0, 0.1) is 0 Å². The number of nitrogens with one attached hydrogen (secondary N) is 1. The highest BCUT2D eigenvalue weighted by molar-refractivity contribution is 5.42. The third kappa shape index (κ3) is 4.39. The van der Waals surface area contributed by atoms with Gasteiger partial charge in [0.05, 0.1) is 20.3 Å². The van der Waals surface area contributed by atoms with Gasteiger partial charge in [-0.1, -0.05) is 6.92 Å². The van der Waals surface area contributed by atoms with Crippen LogP contribution in [0.5, 0.6) is 11.5 Å². The van der Waals surface area contributed by atoms with Crippen molar-refractivity contribution in [3.8, 4) is 11.5 Å². The highest BCUT2D eigenvalue weighted by Gasteiger charge is 2.26. The van der Waals surface area contributed by atoms with E-state index in [2.05, 4.69) is 33.0 Å².